The second-order valence-electron chi connectivity index (χ2n) is 1.13. The molecule has 0 aliphatic heterocycles. The molecule has 10 heavy (non-hydrogen) atoms. The molecule has 0 rings (SSSR count). The minimum Gasteiger partial charge on any atom is -0.530 e. The van der Waals surface area contributed by atoms with E-state index in [4.69, 9.17) is 0 Å². The van der Waals surface area contributed by atoms with Crippen LogP contribution in [-0.2, 0) is 4.74 Å². The standard InChI is InChI=1S/C4H7NO4.Li/c1-2-9-4(8)5-3(6)7;/h2H2,1H3,(H,5,8)(H,6,7);/q;+1/p-1. The summed E-state index contributed by atoms with van der Waals surface area (Å²) in [6.07, 6.45) is -2.66. The molecule has 0 aromatic heterocycles. The number of rotatable bonds is 1. The molecule has 5 nitrogen and oxygen atoms in total. The molecule has 0 atom stereocenters. The Kier molecular flexibility index (Phi) is 7.78. The summed E-state index contributed by atoms with van der Waals surface area (Å²) in [5.41, 5.74) is 0. The van der Waals surface area contributed by atoms with Gasteiger partial charge in [0.25, 0.3) is 0 Å². The summed E-state index contributed by atoms with van der Waals surface area (Å²) in [5, 5.41) is 10.9. The van der Waals surface area contributed by atoms with E-state index in [1.54, 1.807) is 6.92 Å². The van der Waals surface area contributed by atoms with Gasteiger partial charge in [-0.25, -0.2) is 4.79 Å². The van der Waals surface area contributed by atoms with Crippen LogP contribution in [0.3, 0.4) is 0 Å². The van der Waals surface area contributed by atoms with Crippen molar-refractivity contribution < 1.29 is 38.3 Å². The van der Waals surface area contributed by atoms with Crippen molar-refractivity contribution in [2.45, 2.75) is 6.92 Å². The van der Waals surface area contributed by atoms with Gasteiger partial charge in [-0.05, 0) is 6.92 Å². The number of hydrogen-bond donors (Lipinski definition) is 1. The zero-order valence-corrected chi connectivity index (χ0v) is 5.84. The van der Waals surface area contributed by atoms with Crippen molar-refractivity contribution in [3.8, 4) is 0 Å². The predicted molar refractivity (Wildman–Crippen MR) is 25.6 cm³/mol. The quantitative estimate of drug-likeness (QED) is 0.376. The number of ether oxygens (including phenoxy) is 1. The summed E-state index contributed by atoms with van der Waals surface area (Å²) < 4.78 is 4.18. The van der Waals surface area contributed by atoms with E-state index in [1.165, 1.54) is 5.32 Å². The molecular formula is C4H6LiNO4. The Morgan fingerprint density at radius 1 is 1.60 bits per heavy atom. The van der Waals surface area contributed by atoms with Crippen LogP contribution in [-0.4, -0.2) is 18.8 Å². The monoisotopic (exact) mass is 139 g/mol. The number of carboxylic acid groups (broad SMARTS) is 1. The third kappa shape index (κ3) is 7.34. The normalized spacial score (nSPS) is 7.30. The molecular weight excluding hydrogens is 133 g/mol. The van der Waals surface area contributed by atoms with Crippen LogP contribution >= 0.6 is 0 Å². The van der Waals surface area contributed by atoms with Gasteiger partial charge < -0.3 is 14.6 Å². The predicted octanol–water partition coefficient (Wildman–Crippen LogP) is -3.92. The molecule has 2 amide bonds. The minimum absolute atomic E-state index is 0. The van der Waals surface area contributed by atoms with Crippen molar-refractivity contribution in [1.29, 1.82) is 0 Å². The fraction of sp³-hybridized carbons (Fsp3) is 0.500. The summed E-state index contributed by atoms with van der Waals surface area (Å²) in [6.45, 7) is 1.70. The van der Waals surface area contributed by atoms with E-state index in [9.17, 15) is 14.7 Å². The summed E-state index contributed by atoms with van der Waals surface area (Å²) >= 11 is 0. The molecule has 0 unspecified atom stereocenters. The second kappa shape index (κ2) is 6.46. The van der Waals surface area contributed by atoms with Crippen molar-refractivity contribution >= 4 is 12.2 Å². The van der Waals surface area contributed by atoms with Crippen LogP contribution in [0.4, 0.5) is 9.59 Å². The third-order valence-corrected chi connectivity index (χ3v) is 0.480. The average molecular weight is 139 g/mol. The number of nitrogens with one attached hydrogen (secondary N) is 1. The summed E-state index contributed by atoms with van der Waals surface area (Å²) in [7, 11) is 0. The number of carbonyl (C=O) groups is 2. The molecule has 0 aliphatic rings. The largest absolute Gasteiger partial charge is 1.00 e. The molecule has 0 saturated heterocycles. The maximum atomic E-state index is 10.1. The first kappa shape index (κ1) is 12.1. The van der Waals surface area contributed by atoms with Crippen LogP contribution < -0.4 is 29.3 Å². The molecule has 0 aromatic rings. The van der Waals surface area contributed by atoms with E-state index in [0.29, 0.717) is 0 Å². The Morgan fingerprint density at radius 2 is 2.10 bits per heavy atom. The van der Waals surface area contributed by atoms with Crippen molar-refractivity contribution in [1.82, 2.24) is 5.32 Å². The average Bonchev–Trinajstić information content (AvgIpc) is 1.63. The zero-order valence-electron chi connectivity index (χ0n) is 5.84. The first-order valence-corrected chi connectivity index (χ1v) is 2.31. The topological polar surface area (TPSA) is 78.5 Å². The van der Waals surface area contributed by atoms with Gasteiger partial charge in [0.2, 0.25) is 0 Å². The van der Waals surface area contributed by atoms with Crippen molar-refractivity contribution in [2.24, 2.45) is 0 Å². The smallest absolute Gasteiger partial charge is 0.530 e. The number of imide groups is 1. The maximum Gasteiger partial charge on any atom is 1.00 e. The summed E-state index contributed by atoms with van der Waals surface area (Å²) in [4.78, 5) is 19.7. The van der Waals surface area contributed by atoms with Gasteiger partial charge in [-0.15, -0.1) is 0 Å². The molecule has 0 aromatic carbocycles. The second-order valence-corrected chi connectivity index (χ2v) is 1.13. The van der Waals surface area contributed by atoms with Crippen molar-refractivity contribution in [3.05, 3.63) is 0 Å². The van der Waals surface area contributed by atoms with Gasteiger partial charge in [0, 0.05) is 0 Å². The number of hydrogen-bond acceptors (Lipinski definition) is 4. The molecule has 0 aliphatic carbocycles. The van der Waals surface area contributed by atoms with Crippen LogP contribution in [0, 0.1) is 0 Å². The Balaban J connectivity index is 0. The van der Waals surface area contributed by atoms with Gasteiger partial charge in [0.15, 0.2) is 0 Å². The van der Waals surface area contributed by atoms with Crippen molar-refractivity contribution in [2.75, 3.05) is 6.61 Å². The Morgan fingerprint density at radius 3 is 2.40 bits per heavy atom. The SMILES string of the molecule is CCOC(=O)NC(=O)[O-].[Li+]. The van der Waals surface area contributed by atoms with Crippen LogP contribution in [0.2, 0.25) is 0 Å². The molecule has 0 radical (unpaired) electrons. The van der Waals surface area contributed by atoms with Gasteiger partial charge in [-0.1, -0.05) is 0 Å². The molecule has 1 N–H and O–H groups in total. The van der Waals surface area contributed by atoms with E-state index in [2.05, 4.69) is 4.74 Å². The van der Waals surface area contributed by atoms with Gasteiger partial charge >= 0.3 is 25.0 Å². The van der Waals surface area contributed by atoms with Crippen LogP contribution in [0.25, 0.3) is 0 Å². The molecule has 0 spiro atoms. The molecule has 52 valence electrons. The fourth-order valence-corrected chi connectivity index (χ4v) is 0.251. The van der Waals surface area contributed by atoms with Crippen LogP contribution in [0.15, 0.2) is 0 Å². The Hall–Kier alpha value is -0.663. The minimum atomic E-state index is -1.66. The van der Waals surface area contributed by atoms with Crippen molar-refractivity contribution in [3.63, 3.8) is 0 Å². The first-order chi connectivity index (χ1) is 4.16. The molecule has 0 heterocycles. The molecule has 0 bridgehead atoms. The molecule has 0 fully saturated rings. The van der Waals surface area contributed by atoms with E-state index in [-0.39, 0.29) is 25.5 Å². The van der Waals surface area contributed by atoms with E-state index >= 15 is 0 Å². The van der Waals surface area contributed by atoms with Gasteiger partial charge in [0.05, 0.1) is 6.61 Å². The number of amides is 2. The third-order valence-electron chi connectivity index (χ3n) is 0.480. The van der Waals surface area contributed by atoms with E-state index in [0.717, 1.165) is 0 Å². The first-order valence-electron chi connectivity index (χ1n) is 2.31. The maximum absolute atomic E-state index is 10.1. The molecule has 6 heteroatoms. The summed E-state index contributed by atoms with van der Waals surface area (Å²) in [5.74, 6) is 0. The zero-order chi connectivity index (χ0) is 7.28. The number of carbonyl (C=O) groups excluding carboxylic acids is 2. The van der Waals surface area contributed by atoms with Crippen LogP contribution in [0.1, 0.15) is 6.92 Å². The molecule has 0 saturated carbocycles. The Labute approximate surface area is 69.9 Å². The van der Waals surface area contributed by atoms with E-state index in [1.807, 2.05) is 0 Å². The Bertz CT molecular complexity index is 126. The number of alkyl carbamates (subject to hydrolysis) is 1. The van der Waals surface area contributed by atoms with Crippen LogP contribution in [0.5, 0.6) is 0 Å². The summed E-state index contributed by atoms with van der Waals surface area (Å²) in [6, 6.07) is 0. The fourth-order valence-electron chi connectivity index (χ4n) is 0.251. The van der Waals surface area contributed by atoms with Gasteiger partial charge in [-0.2, -0.15) is 0 Å². The van der Waals surface area contributed by atoms with Gasteiger partial charge in [0.1, 0.15) is 6.09 Å². The van der Waals surface area contributed by atoms with Gasteiger partial charge in [-0.3, -0.25) is 5.32 Å². The van der Waals surface area contributed by atoms with E-state index < -0.39 is 12.2 Å².